The second kappa shape index (κ2) is 5.88. The third-order valence-electron chi connectivity index (χ3n) is 2.89. The Bertz CT molecular complexity index is 549. The van der Waals surface area contributed by atoms with Gasteiger partial charge in [-0.05, 0) is 39.8 Å². The molecule has 1 amide bonds. The SMILES string of the molecule is Cc1ccc(C2SC[C@@H](C(=O)O)N2C(=O)OC(C)(C)C)s1. The molecule has 0 saturated carbocycles. The van der Waals surface area contributed by atoms with Crippen molar-refractivity contribution in [1.29, 1.82) is 0 Å². The maximum atomic E-state index is 12.4. The highest BCUT2D eigenvalue weighted by Gasteiger charge is 2.44. The summed E-state index contributed by atoms with van der Waals surface area (Å²) >= 11 is 3.04. The third kappa shape index (κ3) is 3.71. The van der Waals surface area contributed by atoms with Crippen LogP contribution in [0.2, 0.25) is 0 Å². The van der Waals surface area contributed by atoms with Crippen molar-refractivity contribution in [3.05, 3.63) is 21.9 Å². The number of ether oxygens (including phenoxy) is 1. The summed E-state index contributed by atoms with van der Waals surface area (Å²) in [6.07, 6.45) is -0.573. The fourth-order valence-corrected chi connectivity index (χ4v) is 4.55. The lowest BCUT2D eigenvalue weighted by molar-refractivity contribution is -0.142. The number of hydrogen-bond donors (Lipinski definition) is 1. The van der Waals surface area contributed by atoms with Gasteiger partial charge < -0.3 is 9.84 Å². The standard InChI is InChI=1S/C14H19NO4S2/c1-8-5-6-10(21-8)11-15(9(7-20-11)12(16)17)13(18)19-14(2,3)4/h5-6,9,11H,7H2,1-4H3,(H,16,17)/t9-,11?/m0/s1. The molecule has 1 N–H and O–H groups in total. The summed E-state index contributed by atoms with van der Waals surface area (Å²) in [5.74, 6) is -0.625. The highest BCUT2D eigenvalue weighted by molar-refractivity contribution is 7.99. The number of rotatable bonds is 2. The van der Waals surface area contributed by atoms with E-state index in [9.17, 15) is 14.7 Å². The Balaban J connectivity index is 2.28. The number of carbonyl (C=O) groups is 2. The summed E-state index contributed by atoms with van der Waals surface area (Å²) in [5.41, 5.74) is -0.649. The average molecular weight is 329 g/mol. The van der Waals surface area contributed by atoms with Crippen LogP contribution in [0.1, 0.15) is 35.9 Å². The second-order valence-electron chi connectivity index (χ2n) is 5.88. The summed E-state index contributed by atoms with van der Waals surface area (Å²) in [6, 6.07) is 3.07. The smallest absolute Gasteiger partial charge is 0.412 e. The number of carboxylic acid groups (broad SMARTS) is 1. The van der Waals surface area contributed by atoms with Crippen molar-refractivity contribution in [2.24, 2.45) is 0 Å². The minimum Gasteiger partial charge on any atom is -0.480 e. The highest BCUT2D eigenvalue weighted by Crippen LogP contribution is 2.44. The third-order valence-corrected chi connectivity index (χ3v) is 5.40. The topological polar surface area (TPSA) is 66.8 Å². The number of carboxylic acids is 1. The molecule has 0 radical (unpaired) electrons. The Morgan fingerprint density at radius 3 is 2.52 bits per heavy atom. The fraction of sp³-hybridized carbons (Fsp3) is 0.571. The Kier molecular flexibility index (Phi) is 4.53. The van der Waals surface area contributed by atoms with Gasteiger partial charge in [-0.3, -0.25) is 4.90 Å². The fourth-order valence-electron chi connectivity index (χ4n) is 2.04. The number of thioether (sulfide) groups is 1. The summed E-state index contributed by atoms with van der Waals surface area (Å²) < 4.78 is 5.38. The molecule has 2 heterocycles. The minimum absolute atomic E-state index is 0.292. The van der Waals surface area contributed by atoms with E-state index < -0.39 is 23.7 Å². The monoisotopic (exact) mass is 329 g/mol. The number of amides is 1. The van der Waals surface area contributed by atoms with Crippen molar-refractivity contribution < 1.29 is 19.4 Å². The average Bonchev–Trinajstić information content (AvgIpc) is 2.91. The molecule has 5 nitrogen and oxygen atoms in total. The van der Waals surface area contributed by atoms with Gasteiger partial charge in [0.2, 0.25) is 0 Å². The molecule has 0 spiro atoms. The number of carbonyl (C=O) groups excluding carboxylic acids is 1. The van der Waals surface area contributed by atoms with E-state index in [0.717, 1.165) is 9.75 Å². The van der Waals surface area contributed by atoms with Crippen molar-refractivity contribution in [2.45, 2.75) is 44.7 Å². The van der Waals surface area contributed by atoms with Crippen molar-refractivity contribution in [1.82, 2.24) is 4.90 Å². The quantitative estimate of drug-likeness (QED) is 0.899. The molecule has 1 fully saturated rings. The molecule has 1 aliphatic heterocycles. The number of thiophene rings is 1. The number of aryl methyl sites for hydroxylation is 1. The lowest BCUT2D eigenvalue weighted by Crippen LogP contribution is -2.45. The van der Waals surface area contributed by atoms with E-state index >= 15 is 0 Å². The van der Waals surface area contributed by atoms with E-state index in [4.69, 9.17) is 4.74 Å². The minimum atomic E-state index is -0.996. The molecule has 1 unspecified atom stereocenters. The van der Waals surface area contributed by atoms with Crippen LogP contribution in [0.25, 0.3) is 0 Å². The largest absolute Gasteiger partial charge is 0.480 e. The Morgan fingerprint density at radius 2 is 2.05 bits per heavy atom. The molecule has 1 aromatic rings. The maximum absolute atomic E-state index is 12.4. The molecule has 1 saturated heterocycles. The number of aliphatic carboxylic acids is 1. The highest BCUT2D eigenvalue weighted by atomic mass is 32.2. The van der Waals surface area contributed by atoms with E-state index in [0.29, 0.717) is 5.75 Å². The first-order chi connectivity index (χ1) is 9.69. The van der Waals surface area contributed by atoms with E-state index in [-0.39, 0.29) is 5.37 Å². The summed E-state index contributed by atoms with van der Waals surface area (Å²) in [4.78, 5) is 27.3. The molecule has 0 bridgehead atoms. The van der Waals surface area contributed by atoms with Gasteiger partial charge in [0.15, 0.2) is 0 Å². The van der Waals surface area contributed by atoms with Gasteiger partial charge in [0.1, 0.15) is 17.0 Å². The zero-order valence-electron chi connectivity index (χ0n) is 12.5. The van der Waals surface area contributed by atoms with Gasteiger partial charge in [-0.1, -0.05) is 0 Å². The summed E-state index contributed by atoms with van der Waals surface area (Å²) in [5, 5.41) is 9.05. The molecule has 0 aromatic carbocycles. The zero-order chi connectivity index (χ0) is 15.8. The molecular weight excluding hydrogens is 310 g/mol. The van der Waals surface area contributed by atoms with Crippen molar-refractivity contribution in [3.63, 3.8) is 0 Å². The van der Waals surface area contributed by atoms with Crippen molar-refractivity contribution in [3.8, 4) is 0 Å². The Labute approximate surface area is 132 Å². The molecular formula is C14H19NO4S2. The van der Waals surface area contributed by atoms with Gasteiger partial charge in [-0.25, -0.2) is 9.59 Å². The van der Waals surface area contributed by atoms with E-state index in [1.54, 1.807) is 32.1 Å². The summed E-state index contributed by atoms with van der Waals surface area (Å²) in [7, 11) is 0. The van der Waals surface area contributed by atoms with Crippen LogP contribution in [0.15, 0.2) is 12.1 Å². The second-order valence-corrected chi connectivity index (χ2v) is 8.31. The van der Waals surface area contributed by atoms with Crippen LogP contribution in [0.3, 0.4) is 0 Å². The molecule has 0 aliphatic carbocycles. The van der Waals surface area contributed by atoms with Crippen LogP contribution in [0.5, 0.6) is 0 Å². The van der Waals surface area contributed by atoms with Crippen LogP contribution in [-0.2, 0) is 9.53 Å². The van der Waals surface area contributed by atoms with Gasteiger partial charge in [0.05, 0.1) is 0 Å². The van der Waals surface area contributed by atoms with E-state index in [1.165, 1.54) is 16.7 Å². The number of nitrogens with zero attached hydrogens (tertiary/aromatic N) is 1. The summed E-state index contributed by atoms with van der Waals surface area (Å²) in [6.45, 7) is 7.30. The number of hydrogen-bond acceptors (Lipinski definition) is 5. The van der Waals surface area contributed by atoms with Gasteiger partial charge in [0, 0.05) is 15.5 Å². The molecule has 7 heteroatoms. The van der Waals surface area contributed by atoms with Gasteiger partial charge in [0.25, 0.3) is 0 Å². The Hall–Kier alpha value is -1.21. The lowest BCUT2D eigenvalue weighted by atomic mass is 10.2. The molecule has 2 rings (SSSR count). The van der Waals surface area contributed by atoms with E-state index in [2.05, 4.69) is 0 Å². The van der Waals surface area contributed by atoms with Crippen LogP contribution in [0.4, 0.5) is 4.79 Å². The van der Waals surface area contributed by atoms with Gasteiger partial charge in [-0.2, -0.15) is 0 Å². The van der Waals surface area contributed by atoms with Gasteiger partial charge >= 0.3 is 12.1 Å². The zero-order valence-corrected chi connectivity index (χ0v) is 14.1. The molecule has 2 atom stereocenters. The predicted molar refractivity (Wildman–Crippen MR) is 83.8 cm³/mol. The first-order valence-corrected chi connectivity index (χ1v) is 8.47. The van der Waals surface area contributed by atoms with Crippen LogP contribution < -0.4 is 0 Å². The molecule has 1 aromatic heterocycles. The van der Waals surface area contributed by atoms with Crippen molar-refractivity contribution in [2.75, 3.05) is 5.75 Å². The van der Waals surface area contributed by atoms with Crippen molar-refractivity contribution >= 4 is 35.2 Å². The maximum Gasteiger partial charge on any atom is 0.412 e. The lowest BCUT2D eigenvalue weighted by Gasteiger charge is -2.29. The first-order valence-electron chi connectivity index (χ1n) is 6.61. The van der Waals surface area contributed by atoms with Crippen LogP contribution >= 0.6 is 23.1 Å². The van der Waals surface area contributed by atoms with Gasteiger partial charge in [-0.15, -0.1) is 23.1 Å². The normalized spacial score (nSPS) is 22.4. The molecule has 1 aliphatic rings. The van der Waals surface area contributed by atoms with Crippen LogP contribution in [0, 0.1) is 6.92 Å². The Morgan fingerprint density at radius 1 is 1.38 bits per heavy atom. The molecule has 116 valence electrons. The van der Waals surface area contributed by atoms with Crippen LogP contribution in [-0.4, -0.2) is 39.5 Å². The molecule has 21 heavy (non-hydrogen) atoms. The first kappa shape index (κ1) is 16.2. The van der Waals surface area contributed by atoms with E-state index in [1.807, 2.05) is 19.1 Å². The predicted octanol–water partition coefficient (Wildman–Crippen LogP) is 3.49.